The van der Waals surface area contributed by atoms with Gasteiger partial charge in [-0.05, 0) is 25.0 Å². The Bertz CT molecular complexity index is 361. The quantitative estimate of drug-likeness (QED) is 0.829. The lowest BCUT2D eigenvalue weighted by molar-refractivity contribution is 0.193. The second-order valence-corrected chi connectivity index (χ2v) is 4.25. The van der Waals surface area contributed by atoms with Crippen molar-refractivity contribution in [1.29, 1.82) is 0 Å². The molecule has 4 nitrogen and oxygen atoms in total. The summed E-state index contributed by atoms with van der Waals surface area (Å²) in [6, 6.07) is 4.55. The van der Waals surface area contributed by atoms with Gasteiger partial charge >= 0.3 is 0 Å². The molecular formula is C12H19N3O. The third kappa shape index (κ3) is 2.18. The van der Waals surface area contributed by atoms with Gasteiger partial charge in [0.15, 0.2) is 0 Å². The first-order chi connectivity index (χ1) is 7.72. The van der Waals surface area contributed by atoms with Crippen molar-refractivity contribution in [2.24, 2.45) is 5.73 Å². The predicted octanol–water partition coefficient (Wildman–Crippen LogP) is 1.07. The van der Waals surface area contributed by atoms with Crippen molar-refractivity contribution in [3.8, 4) is 0 Å². The molecule has 0 bridgehead atoms. The van der Waals surface area contributed by atoms with Crippen molar-refractivity contribution in [1.82, 2.24) is 4.98 Å². The lowest BCUT2D eigenvalue weighted by atomic mass is 10.2. The first kappa shape index (κ1) is 11.4. The van der Waals surface area contributed by atoms with Gasteiger partial charge in [-0.15, -0.1) is 0 Å². The molecular weight excluding hydrogens is 202 g/mol. The molecule has 0 saturated carbocycles. The molecule has 0 spiro atoms. The Hall–Kier alpha value is -1.13. The second-order valence-electron chi connectivity index (χ2n) is 4.25. The van der Waals surface area contributed by atoms with Crippen LogP contribution in [-0.4, -0.2) is 31.3 Å². The maximum atomic E-state index is 5.63. The molecule has 0 amide bonds. The van der Waals surface area contributed by atoms with Gasteiger partial charge in [-0.25, -0.2) is 4.98 Å². The second kappa shape index (κ2) is 4.80. The van der Waals surface area contributed by atoms with Crippen LogP contribution in [0.15, 0.2) is 12.1 Å². The van der Waals surface area contributed by atoms with E-state index in [1.807, 2.05) is 13.0 Å². The van der Waals surface area contributed by atoms with Crippen molar-refractivity contribution in [3.05, 3.63) is 23.4 Å². The first-order valence-corrected chi connectivity index (χ1v) is 5.69. The summed E-state index contributed by atoms with van der Waals surface area (Å²) in [4.78, 5) is 6.77. The number of aromatic nitrogens is 1. The highest BCUT2D eigenvalue weighted by Gasteiger charge is 2.21. The Morgan fingerprint density at radius 1 is 1.56 bits per heavy atom. The molecule has 0 aliphatic carbocycles. The highest BCUT2D eigenvalue weighted by molar-refractivity contribution is 5.42. The summed E-state index contributed by atoms with van der Waals surface area (Å²) >= 11 is 0. The molecule has 2 rings (SSSR count). The summed E-state index contributed by atoms with van der Waals surface area (Å²) in [5, 5.41) is 0. The molecule has 88 valence electrons. The molecule has 0 radical (unpaired) electrons. The number of nitrogens with two attached hydrogens (primary N) is 1. The van der Waals surface area contributed by atoms with Gasteiger partial charge in [-0.3, -0.25) is 0 Å². The molecule has 16 heavy (non-hydrogen) atoms. The number of ether oxygens (including phenoxy) is 1. The lowest BCUT2D eigenvalue weighted by Crippen LogP contribution is -2.32. The number of pyridine rings is 1. The molecule has 2 N–H and O–H groups in total. The Kier molecular flexibility index (Phi) is 3.41. The van der Waals surface area contributed by atoms with Crippen LogP contribution in [0.4, 0.5) is 5.82 Å². The highest BCUT2D eigenvalue weighted by atomic mass is 16.5. The Balaban J connectivity index is 2.16. The van der Waals surface area contributed by atoms with E-state index in [4.69, 9.17) is 10.5 Å². The van der Waals surface area contributed by atoms with E-state index >= 15 is 0 Å². The van der Waals surface area contributed by atoms with E-state index in [9.17, 15) is 0 Å². The molecule has 1 aromatic rings. The molecule has 1 fully saturated rings. The van der Waals surface area contributed by atoms with Crippen LogP contribution >= 0.6 is 0 Å². The summed E-state index contributed by atoms with van der Waals surface area (Å²) in [6.07, 6.45) is 1.08. The van der Waals surface area contributed by atoms with Crippen LogP contribution in [0, 0.1) is 6.92 Å². The number of rotatable bonds is 3. The van der Waals surface area contributed by atoms with Gasteiger partial charge in [0.05, 0.1) is 12.6 Å². The molecule has 0 aromatic carbocycles. The summed E-state index contributed by atoms with van der Waals surface area (Å²) in [7, 11) is 2.07. The van der Waals surface area contributed by atoms with E-state index in [1.165, 1.54) is 0 Å². The Labute approximate surface area is 96.4 Å². The number of likely N-dealkylation sites (N-methyl/N-ethyl adjacent to an activating group) is 1. The summed E-state index contributed by atoms with van der Waals surface area (Å²) in [6.45, 7) is 4.21. The van der Waals surface area contributed by atoms with Crippen LogP contribution in [0.1, 0.15) is 17.7 Å². The van der Waals surface area contributed by atoms with E-state index in [0.29, 0.717) is 12.6 Å². The van der Waals surface area contributed by atoms with Crippen LogP contribution in [-0.2, 0) is 11.3 Å². The van der Waals surface area contributed by atoms with E-state index < -0.39 is 0 Å². The van der Waals surface area contributed by atoms with Crippen LogP contribution in [0.25, 0.3) is 0 Å². The minimum absolute atomic E-state index is 0.454. The molecule has 1 aromatic heterocycles. The van der Waals surface area contributed by atoms with Crippen molar-refractivity contribution < 1.29 is 4.74 Å². The number of hydrogen-bond acceptors (Lipinski definition) is 4. The molecule has 2 heterocycles. The van der Waals surface area contributed by atoms with Crippen LogP contribution < -0.4 is 10.6 Å². The molecule has 1 saturated heterocycles. The molecule has 1 unspecified atom stereocenters. The number of nitrogens with zero attached hydrogens (tertiary/aromatic N) is 2. The fourth-order valence-electron chi connectivity index (χ4n) is 2.00. The van der Waals surface area contributed by atoms with E-state index in [2.05, 4.69) is 23.0 Å². The van der Waals surface area contributed by atoms with Gasteiger partial charge in [0.1, 0.15) is 5.82 Å². The average Bonchev–Trinajstić information content (AvgIpc) is 2.81. The monoisotopic (exact) mass is 221 g/mol. The number of aryl methyl sites for hydroxylation is 1. The normalized spacial score (nSPS) is 20.1. The van der Waals surface area contributed by atoms with Gasteiger partial charge < -0.3 is 15.4 Å². The van der Waals surface area contributed by atoms with Gasteiger partial charge in [-0.2, -0.15) is 0 Å². The zero-order valence-corrected chi connectivity index (χ0v) is 9.94. The van der Waals surface area contributed by atoms with Gasteiger partial charge in [-0.1, -0.05) is 6.07 Å². The SMILES string of the molecule is Cc1nc(N(C)C2CCOC2)ccc1CN. The molecule has 1 aliphatic rings. The fourth-order valence-corrected chi connectivity index (χ4v) is 2.00. The Morgan fingerprint density at radius 3 is 2.94 bits per heavy atom. The average molecular weight is 221 g/mol. The van der Waals surface area contributed by atoms with E-state index in [0.717, 1.165) is 36.7 Å². The van der Waals surface area contributed by atoms with E-state index in [1.54, 1.807) is 0 Å². The molecule has 4 heteroatoms. The predicted molar refractivity (Wildman–Crippen MR) is 64.5 cm³/mol. The van der Waals surface area contributed by atoms with Crippen molar-refractivity contribution in [2.75, 3.05) is 25.2 Å². The minimum Gasteiger partial charge on any atom is -0.379 e. The maximum Gasteiger partial charge on any atom is 0.128 e. The third-order valence-corrected chi connectivity index (χ3v) is 3.22. The Morgan fingerprint density at radius 2 is 2.38 bits per heavy atom. The van der Waals surface area contributed by atoms with Gasteiger partial charge in [0.25, 0.3) is 0 Å². The molecule has 1 atom stereocenters. The number of hydrogen-bond donors (Lipinski definition) is 1. The van der Waals surface area contributed by atoms with Crippen LogP contribution in [0.5, 0.6) is 0 Å². The fraction of sp³-hybridized carbons (Fsp3) is 0.583. The van der Waals surface area contributed by atoms with Crippen molar-refractivity contribution >= 4 is 5.82 Å². The smallest absolute Gasteiger partial charge is 0.128 e. The van der Waals surface area contributed by atoms with Gasteiger partial charge in [0.2, 0.25) is 0 Å². The lowest BCUT2D eigenvalue weighted by Gasteiger charge is -2.24. The van der Waals surface area contributed by atoms with Crippen molar-refractivity contribution in [2.45, 2.75) is 25.9 Å². The van der Waals surface area contributed by atoms with E-state index in [-0.39, 0.29) is 0 Å². The molecule has 1 aliphatic heterocycles. The zero-order valence-electron chi connectivity index (χ0n) is 9.94. The maximum absolute atomic E-state index is 5.63. The number of anilines is 1. The first-order valence-electron chi connectivity index (χ1n) is 5.69. The van der Waals surface area contributed by atoms with Crippen molar-refractivity contribution in [3.63, 3.8) is 0 Å². The summed E-state index contributed by atoms with van der Waals surface area (Å²) < 4.78 is 5.39. The van der Waals surface area contributed by atoms with Crippen LogP contribution in [0.2, 0.25) is 0 Å². The minimum atomic E-state index is 0.454. The largest absolute Gasteiger partial charge is 0.379 e. The highest BCUT2D eigenvalue weighted by Crippen LogP contribution is 2.19. The van der Waals surface area contributed by atoms with Gasteiger partial charge in [0, 0.05) is 25.9 Å². The summed E-state index contributed by atoms with van der Waals surface area (Å²) in [5.74, 6) is 1.00. The topological polar surface area (TPSA) is 51.4 Å². The summed E-state index contributed by atoms with van der Waals surface area (Å²) in [5.41, 5.74) is 7.76. The van der Waals surface area contributed by atoms with Crippen LogP contribution in [0.3, 0.4) is 0 Å². The standard InChI is InChI=1S/C12H19N3O/c1-9-10(7-13)3-4-12(14-9)15(2)11-5-6-16-8-11/h3-4,11H,5-8,13H2,1-2H3. The zero-order chi connectivity index (χ0) is 11.5. The third-order valence-electron chi connectivity index (χ3n) is 3.22.